The maximum Gasteiger partial charge on any atom is 0.157 e. The normalized spacial score (nSPS) is 10.3. The quantitative estimate of drug-likeness (QED) is 0.709. The Morgan fingerprint density at radius 3 is 2.36 bits per heavy atom. The van der Waals surface area contributed by atoms with Gasteiger partial charge in [-0.2, -0.15) is 0 Å². The van der Waals surface area contributed by atoms with E-state index in [1.165, 1.54) is 6.07 Å². The van der Waals surface area contributed by atoms with Gasteiger partial charge in [-0.05, 0) is 29.8 Å². The minimum absolute atomic E-state index is 0.0744. The van der Waals surface area contributed by atoms with Gasteiger partial charge in [-0.15, -0.1) is 0 Å². The lowest BCUT2D eigenvalue weighted by Crippen LogP contribution is -1.95. The highest BCUT2D eigenvalue weighted by atomic mass is 16.3. The molecule has 0 saturated carbocycles. The molecule has 0 unspecified atom stereocenters. The molecule has 0 radical (unpaired) electrons. The van der Waals surface area contributed by atoms with Crippen LogP contribution in [0.3, 0.4) is 0 Å². The van der Waals surface area contributed by atoms with Crippen molar-refractivity contribution in [3.05, 3.63) is 48.3 Å². The summed E-state index contributed by atoms with van der Waals surface area (Å²) in [5.41, 5.74) is 0.955. The SMILES string of the molecule is Oc1ccc(Cn2cccc2)cc1O. The molecule has 0 saturated heterocycles. The van der Waals surface area contributed by atoms with Crippen molar-refractivity contribution in [1.29, 1.82) is 0 Å². The van der Waals surface area contributed by atoms with Crippen LogP contribution in [-0.2, 0) is 6.54 Å². The molecule has 3 nitrogen and oxygen atoms in total. The van der Waals surface area contributed by atoms with Crippen LogP contribution >= 0.6 is 0 Å². The number of rotatable bonds is 2. The zero-order valence-corrected chi connectivity index (χ0v) is 7.59. The summed E-state index contributed by atoms with van der Waals surface area (Å²) in [7, 11) is 0. The molecule has 0 bridgehead atoms. The molecule has 2 aromatic rings. The van der Waals surface area contributed by atoms with Gasteiger partial charge in [0.2, 0.25) is 0 Å². The maximum atomic E-state index is 9.27. The molecule has 3 heteroatoms. The van der Waals surface area contributed by atoms with Gasteiger partial charge < -0.3 is 14.8 Å². The molecular weight excluding hydrogens is 178 g/mol. The Bertz CT molecular complexity index is 421. The summed E-state index contributed by atoms with van der Waals surface area (Å²) in [6.45, 7) is 0.695. The van der Waals surface area contributed by atoms with Crippen LogP contribution in [0, 0.1) is 0 Å². The van der Waals surface area contributed by atoms with E-state index in [9.17, 15) is 5.11 Å². The van der Waals surface area contributed by atoms with E-state index in [0.29, 0.717) is 6.54 Å². The summed E-state index contributed by atoms with van der Waals surface area (Å²) in [6, 6.07) is 8.74. The van der Waals surface area contributed by atoms with E-state index in [2.05, 4.69) is 0 Å². The van der Waals surface area contributed by atoms with Crippen LogP contribution in [0.4, 0.5) is 0 Å². The molecule has 1 aromatic carbocycles. The fourth-order valence-corrected chi connectivity index (χ4v) is 1.35. The highest BCUT2D eigenvalue weighted by Gasteiger charge is 2.00. The maximum absolute atomic E-state index is 9.27. The van der Waals surface area contributed by atoms with Crippen LogP contribution in [0.25, 0.3) is 0 Å². The van der Waals surface area contributed by atoms with Crippen molar-refractivity contribution in [1.82, 2.24) is 4.57 Å². The van der Waals surface area contributed by atoms with Crippen LogP contribution in [0.15, 0.2) is 42.7 Å². The smallest absolute Gasteiger partial charge is 0.157 e. The second-order valence-electron chi connectivity index (χ2n) is 3.18. The van der Waals surface area contributed by atoms with E-state index in [0.717, 1.165) is 5.56 Å². The predicted molar refractivity (Wildman–Crippen MR) is 53.3 cm³/mol. The van der Waals surface area contributed by atoms with Crippen LogP contribution in [0.5, 0.6) is 11.5 Å². The van der Waals surface area contributed by atoms with Gasteiger partial charge in [0, 0.05) is 18.9 Å². The summed E-state index contributed by atoms with van der Waals surface area (Å²) < 4.78 is 1.99. The van der Waals surface area contributed by atoms with Crippen molar-refractivity contribution in [2.24, 2.45) is 0 Å². The molecular formula is C11H11NO2. The number of hydrogen-bond donors (Lipinski definition) is 2. The number of benzene rings is 1. The third-order valence-electron chi connectivity index (χ3n) is 2.07. The summed E-state index contributed by atoms with van der Waals surface area (Å²) in [4.78, 5) is 0. The Hall–Kier alpha value is -1.90. The average molecular weight is 189 g/mol. The van der Waals surface area contributed by atoms with Crippen LogP contribution in [-0.4, -0.2) is 14.8 Å². The average Bonchev–Trinajstić information content (AvgIpc) is 2.64. The van der Waals surface area contributed by atoms with Gasteiger partial charge in [-0.3, -0.25) is 0 Å². The molecule has 0 atom stereocenters. The molecule has 2 rings (SSSR count). The second kappa shape index (κ2) is 3.46. The topological polar surface area (TPSA) is 45.4 Å². The fourth-order valence-electron chi connectivity index (χ4n) is 1.35. The zero-order valence-electron chi connectivity index (χ0n) is 7.59. The van der Waals surface area contributed by atoms with Crippen molar-refractivity contribution < 1.29 is 10.2 Å². The molecule has 2 N–H and O–H groups in total. The lowest BCUT2D eigenvalue weighted by atomic mass is 10.2. The number of aromatic nitrogens is 1. The highest BCUT2D eigenvalue weighted by Crippen LogP contribution is 2.25. The van der Waals surface area contributed by atoms with E-state index >= 15 is 0 Å². The Morgan fingerprint density at radius 2 is 1.71 bits per heavy atom. The van der Waals surface area contributed by atoms with Crippen LogP contribution < -0.4 is 0 Å². The number of phenols is 2. The van der Waals surface area contributed by atoms with Gasteiger partial charge in [0.05, 0.1) is 0 Å². The van der Waals surface area contributed by atoms with Crippen molar-refractivity contribution >= 4 is 0 Å². The summed E-state index contributed by atoms with van der Waals surface area (Å²) in [5.74, 6) is -0.157. The molecule has 0 aliphatic heterocycles. The highest BCUT2D eigenvalue weighted by molar-refractivity contribution is 5.40. The van der Waals surface area contributed by atoms with E-state index in [-0.39, 0.29) is 11.5 Å². The first-order chi connectivity index (χ1) is 6.75. The van der Waals surface area contributed by atoms with Crippen LogP contribution in [0.1, 0.15) is 5.56 Å². The third-order valence-corrected chi connectivity index (χ3v) is 2.07. The van der Waals surface area contributed by atoms with E-state index in [1.807, 2.05) is 29.1 Å². The number of aromatic hydroxyl groups is 2. The minimum Gasteiger partial charge on any atom is -0.504 e. The van der Waals surface area contributed by atoms with Crippen molar-refractivity contribution in [2.45, 2.75) is 6.54 Å². The molecule has 72 valence electrons. The van der Waals surface area contributed by atoms with Gasteiger partial charge in [0.1, 0.15) is 0 Å². The molecule has 1 aromatic heterocycles. The monoisotopic (exact) mass is 189 g/mol. The number of phenolic OH excluding ortho intramolecular Hbond substituents is 2. The Kier molecular flexibility index (Phi) is 2.14. The van der Waals surface area contributed by atoms with Crippen molar-refractivity contribution in [2.75, 3.05) is 0 Å². The lowest BCUT2D eigenvalue weighted by molar-refractivity contribution is 0.403. The molecule has 0 amide bonds. The summed E-state index contributed by atoms with van der Waals surface area (Å²) in [5, 5.41) is 18.4. The third kappa shape index (κ3) is 1.71. The molecule has 0 spiro atoms. The molecule has 0 fully saturated rings. The van der Waals surface area contributed by atoms with Crippen molar-refractivity contribution in [3.63, 3.8) is 0 Å². The predicted octanol–water partition coefficient (Wildman–Crippen LogP) is 1.95. The molecule has 1 heterocycles. The van der Waals surface area contributed by atoms with Gasteiger partial charge in [-0.1, -0.05) is 6.07 Å². The first-order valence-electron chi connectivity index (χ1n) is 4.37. The number of hydrogen-bond acceptors (Lipinski definition) is 2. The van der Waals surface area contributed by atoms with E-state index < -0.39 is 0 Å². The summed E-state index contributed by atoms with van der Waals surface area (Å²) >= 11 is 0. The fraction of sp³-hybridized carbons (Fsp3) is 0.0909. The number of nitrogens with zero attached hydrogens (tertiary/aromatic N) is 1. The lowest BCUT2D eigenvalue weighted by Gasteiger charge is -2.04. The van der Waals surface area contributed by atoms with Crippen LogP contribution in [0.2, 0.25) is 0 Å². The minimum atomic E-state index is -0.0822. The molecule has 0 aliphatic rings. The molecule has 14 heavy (non-hydrogen) atoms. The Morgan fingerprint density at radius 1 is 1.00 bits per heavy atom. The van der Waals surface area contributed by atoms with E-state index in [4.69, 9.17) is 5.11 Å². The largest absolute Gasteiger partial charge is 0.504 e. The van der Waals surface area contributed by atoms with Gasteiger partial charge in [0.15, 0.2) is 11.5 Å². The first kappa shape index (κ1) is 8.69. The second-order valence-corrected chi connectivity index (χ2v) is 3.18. The Labute approximate surface area is 81.9 Å². The first-order valence-corrected chi connectivity index (χ1v) is 4.37. The van der Waals surface area contributed by atoms with Gasteiger partial charge >= 0.3 is 0 Å². The van der Waals surface area contributed by atoms with Gasteiger partial charge in [-0.25, -0.2) is 0 Å². The Balaban J connectivity index is 2.22. The summed E-state index contributed by atoms with van der Waals surface area (Å²) in [6.07, 6.45) is 3.90. The zero-order chi connectivity index (χ0) is 9.97. The standard InChI is InChI=1S/C11H11NO2/c13-10-4-3-9(7-11(10)14)8-12-5-1-2-6-12/h1-7,13-14H,8H2. The molecule has 0 aliphatic carbocycles. The van der Waals surface area contributed by atoms with E-state index in [1.54, 1.807) is 12.1 Å². The van der Waals surface area contributed by atoms with Crippen molar-refractivity contribution in [3.8, 4) is 11.5 Å². The van der Waals surface area contributed by atoms with Gasteiger partial charge in [0.25, 0.3) is 0 Å².